The molecule has 0 saturated heterocycles. The number of benzene rings is 1. The average molecular weight is 205 g/mol. The molecule has 15 heavy (non-hydrogen) atoms. The summed E-state index contributed by atoms with van der Waals surface area (Å²) in [5.41, 5.74) is 1.54. The molecule has 0 atom stereocenters. The van der Waals surface area contributed by atoms with Gasteiger partial charge in [-0.15, -0.1) is 0 Å². The van der Waals surface area contributed by atoms with Gasteiger partial charge in [-0.3, -0.25) is 4.79 Å². The van der Waals surface area contributed by atoms with Crippen LogP contribution in [0.1, 0.15) is 5.56 Å². The van der Waals surface area contributed by atoms with Crippen molar-refractivity contribution in [2.75, 3.05) is 21.2 Å². The van der Waals surface area contributed by atoms with E-state index in [2.05, 4.69) is 0 Å². The van der Waals surface area contributed by atoms with Crippen molar-refractivity contribution < 1.29 is 9.53 Å². The Kier molecular flexibility index (Phi) is 3.92. The minimum absolute atomic E-state index is 0.655. The van der Waals surface area contributed by atoms with Crippen molar-refractivity contribution in [3.05, 3.63) is 36.0 Å². The highest BCUT2D eigenvalue weighted by Crippen LogP contribution is 2.17. The maximum absolute atomic E-state index is 10.9. The molecule has 0 saturated carbocycles. The molecule has 0 heterocycles. The largest absolute Gasteiger partial charge is 0.497 e. The average Bonchev–Trinajstić information content (AvgIpc) is 2.26. The Labute approximate surface area is 90.0 Å². The van der Waals surface area contributed by atoms with Crippen molar-refractivity contribution in [3.63, 3.8) is 0 Å². The Morgan fingerprint density at radius 1 is 1.27 bits per heavy atom. The summed E-state index contributed by atoms with van der Waals surface area (Å²) in [7, 11) is 5.38. The number of rotatable bonds is 4. The summed E-state index contributed by atoms with van der Waals surface area (Å²) in [6.45, 7) is 0. The standard InChI is InChI=1S/C12H15NO2/c1-13(2)8-11(9-14)10-4-6-12(15-3)7-5-10/h4-9H,1-3H3/b11-8-. The zero-order valence-electron chi connectivity index (χ0n) is 9.23. The van der Waals surface area contributed by atoms with E-state index >= 15 is 0 Å². The molecule has 3 nitrogen and oxygen atoms in total. The molecule has 0 aromatic heterocycles. The molecule has 0 N–H and O–H groups in total. The van der Waals surface area contributed by atoms with Crippen LogP contribution in [0.15, 0.2) is 30.5 Å². The minimum atomic E-state index is 0.655. The number of allylic oxidation sites excluding steroid dienone is 1. The molecule has 3 heteroatoms. The fourth-order valence-electron chi connectivity index (χ4n) is 1.23. The van der Waals surface area contributed by atoms with Crippen LogP contribution < -0.4 is 4.74 Å². The van der Waals surface area contributed by atoms with Gasteiger partial charge in [0.05, 0.1) is 7.11 Å². The molecule has 0 aliphatic heterocycles. The molecule has 0 spiro atoms. The number of hydrogen-bond acceptors (Lipinski definition) is 3. The van der Waals surface area contributed by atoms with E-state index < -0.39 is 0 Å². The van der Waals surface area contributed by atoms with Crippen molar-refractivity contribution in [2.24, 2.45) is 0 Å². The quantitative estimate of drug-likeness (QED) is 0.554. The highest BCUT2D eigenvalue weighted by Gasteiger charge is 2.00. The first kappa shape index (κ1) is 11.3. The summed E-state index contributed by atoms with van der Waals surface area (Å²) in [6, 6.07) is 7.40. The van der Waals surface area contributed by atoms with Crippen LogP contribution in [0.3, 0.4) is 0 Å². The molecule has 1 aromatic carbocycles. The lowest BCUT2D eigenvalue weighted by atomic mass is 10.1. The molecule has 0 bridgehead atoms. The first-order valence-electron chi connectivity index (χ1n) is 4.65. The lowest BCUT2D eigenvalue weighted by Gasteiger charge is -2.08. The second kappa shape index (κ2) is 5.20. The van der Waals surface area contributed by atoms with E-state index in [1.165, 1.54) is 0 Å². The summed E-state index contributed by atoms with van der Waals surface area (Å²) in [6.07, 6.45) is 2.64. The molecule has 0 aliphatic rings. The minimum Gasteiger partial charge on any atom is -0.497 e. The van der Waals surface area contributed by atoms with Crippen molar-refractivity contribution >= 4 is 11.9 Å². The zero-order chi connectivity index (χ0) is 11.3. The smallest absolute Gasteiger partial charge is 0.152 e. The third-order valence-electron chi connectivity index (χ3n) is 1.95. The molecule has 80 valence electrons. The van der Waals surface area contributed by atoms with Gasteiger partial charge in [-0.1, -0.05) is 12.1 Å². The van der Waals surface area contributed by atoms with E-state index in [9.17, 15) is 4.79 Å². The Morgan fingerprint density at radius 2 is 1.87 bits per heavy atom. The van der Waals surface area contributed by atoms with Gasteiger partial charge in [0, 0.05) is 25.9 Å². The predicted molar refractivity (Wildman–Crippen MR) is 60.7 cm³/mol. The maximum atomic E-state index is 10.9. The third kappa shape index (κ3) is 3.13. The van der Waals surface area contributed by atoms with Crippen LogP contribution in [-0.4, -0.2) is 32.4 Å². The van der Waals surface area contributed by atoms with Crippen LogP contribution in [0.5, 0.6) is 5.75 Å². The SMILES string of the molecule is COc1ccc(/C(C=O)=C\N(C)C)cc1. The fraction of sp³-hybridized carbons (Fsp3) is 0.250. The maximum Gasteiger partial charge on any atom is 0.152 e. The number of carbonyl (C=O) groups is 1. The number of aldehydes is 1. The van der Waals surface area contributed by atoms with Crippen molar-refractivity contribution in [1.29, 1.82) is 0 Å². The Morgan fingerprint density at radius 3 is 2.27 bits per heavy atom. The highest BCUT2D eigenvalue weighted by atomic mass is 16.5. The molecule has 0 aliphatic carbocycles. The molecule has 1 aromatic rings. The van der Waals surface area contributed by atoms with Gasteiger partial charge in [-0.2, -0.15) is 0 Å². The highest BCUT2D eigenvalue weighted by molar-refractivity contribution is 6.06. The summed E-state index contributed by atoms with van der Waals surface area (Å²) >= 11 is 0. The molecular weight excluding hydrogens is 190 g/mol. The first-order valence-corrected chi connectivity index (χ1v) is 4.65. The van der Waals surface area contributed by atoms with Gasteiger partial charge in [-0.25, -0.2) is 0 Å². The second-order valence-electron chi connectivity index (χ2n) is 3.39. The number of carbonyl (C=O) groups excluding carboxylic acids is 1. The lowest BCUT2D eigenvalue weighted by molar-refractivity contribution is -0.103. The molecule has 0 amide bonds. The molecular formula is C12H15NO2. The molecule has 0 unspecified atom stereocenters. The first-order chi connectivity index (χ1) is 7.17. The van der Waals surface area contributed by atoms with E-state index in [0.717, 1.165) is 17.6 Å². The second-order valence-corrected chi connectivity index (χ2v) is 3.39. The summed E-state index contributed by atoms with van der Waals surface area (Å²) in [4.78, 5) is 12.7. The summed E-state index contributed by atoms with van der Waals surface area (Å²) in [5, 5.41) is 0. The van der Waals surface area contributed by atoms with E-state index in [0.29, 0.717) is 5.57 Å². The molecule has 0 radical (unpaired) electrons. The normalized spacial score (nSPS) is 11.0. The van der Waals surface area contributed by atoms with Crippen LogP contribution in [0.2, 0.25) is 0 Å². The van der Waals surface area contributed by atoms with Crippen LogP contribution >= 0.6 is 0 Å². The van der Waals surface area contributed by atoms with Crippen molar-refractivity contribution in [2.45, 2.75) is 0 Å². The topological polar surface area (TPSA) is 29.5 Å². The van der Waals surface area contributed by atoms with Gasteiger partial charge in [0.25, 0.3) is 0 Å². The third-order valence-corrected chi connectivity index (χ3v) is 1.95. The van der Waals surface area contributed by atoms with Gasteiger partial charge in [0.15, 0.2) is 6.29 Å². The van der Waals surface area contributed by atoms with Gasteiger partial charge in [0.1, 0.15) is 5.75 Å². The van der Waals surface area contributed by atoms with Gasteiger partial charge in [-0.05, 0) is 17.7 Å². The number of methoxy groups -OCH3 is 1. The zero-order valence-corrected chi connectivity index (χ0v) is 9.23. The van der Waals surface area contributed by atoms with Gasteiger partial charge < -0.3 is 9.64 Å². The monoisotopic (exact) mass is 205 g/mol. The molecule has 0 fully saturated rings. The van der Waals surface area contributed by atoms with E-state index in [4.69, 9.17) is 4.74 Å². The Bertz CT molecular complexity index is 352. The summed E-state index contributed by atoms with van der Waals surface area (Å²) < 4.78 is 5.05. The fourth-order valence-corrected chi connectivity index (χ4v) is 1.23. The van der Waals surface area contributed by atoms with E-state index in [-0.39, 0.29) is 0 Å². The lowest BCUT2D eigenvalue weighted by Crippen LogP contribution is -2.03. The predicted octanol–water partition coefficient (Wildman–Crippen LogP) is 1.80. The van der Waals surface area contributed by atoms with Crippen molar-refractivity contribution in [1.82, 2.24) is 4.90 Å². The van der Waals surface area contributed by atoms with Gasteiger partial charge in [0.2, 0.25) is 0 Å². The number of hydrogen-bond donors (Lipinski definition) is 0. The Hall–Kier alpha value is -1.77. The van der Waals surface area contributed by atoms with E-state index in [1.54, 1.807) is 13.3 Å². The van der Waals surface area contributed by atoms with Crippen LogP contribution in [-0.2, 0) is 4.79 Å². The van der Waals surface area contributed by atoms with Crippen LogP contribution in [0.4, 0.5) is 0 Å². The summed E-state index contributed by atoms with van der Waals surface area (Å²) in [5.74, 6) is 0.786. The van der Waals surface area contributed by atoms with E-state index in [1.807, 2.05) is 43.3 Å². The van der Waals surface area contributed by atoms with Gasteiger partial charge >= 0.3 is 0 Å². The van der Waals surface area contributed by atoms with Crippen LogP contribution in [0.25, 0.3) is 5.57 Å². The number of ether oxygens (including phenoxy) is 1. The van der Waals surface area contributed by atoms with Crippen LogP contribution in [0, 0.1) is 0 Å². The Balaban J connectivity index is 2.98. The number of nitrogens with zero attached hydrogens (tertiary/aromatic N) is 1. The molecule has 1 rings (SSSR count). The van der Waals surface area contributed by atoms with Crippen molar-refractivity contribution in [3.8, 4) is 5.75 Å².